The second-order valence-corrected chi connectivity index (χ2v) is 7.32. The number of hydrogen-bond acceptors (Lipinski definition) is 3. The highest BCUT2D eigenvalue weighted by molar-refractivity contribution is 5.98. The van der Waals surface area contributed by atoms with Crippen LogP contribution in [-0.4, -0.2) is 17.0 Å². The van der Waals surface area contributed by atoms with Crippen LogP contribution in [0.2, 0.25) is 0 Å². The second kappa shape index (κ2) is 9.78. The monoisotopic (exact) mass is 441 g/mol. The van der Waals surface area contributed by atoms with Crippen molar-refractivity contribution in [2.24, 2.45) is 0 Å². The van der Waals surface area contributed by atoms with E-state index in [1.165, 1.54) is 36.4 Å². The lowest BCUT2D eigenvalue weighted by Crippen LogP contribution is -2.23. The summed E-state index contributed by atoms with van der Waals surface area (Å²) in [5, 5.41) is 11.9. The summed E-state index contributed by atoms with van der Waals surface area (Å²) >= 11 is 0. The fraction of sp³-hybridized carbons (Fsp3) is 0.0370. The van der Waals surface area contributed by atoms with Crippen LogP contribution in [0.3, 0.4) is 0 Å². The molecule has 0 unspecified atom stereocenters. The van der Waals surface area contributed by atoms with Crippen molar-refractivity contribution in [2.45, 2.75) is 6.54 Å². The molecule has 0 atom stereocenters. The average Bonchev–Trinajstić information content (AvgIpc) is 2.85. The van der Waals surface area contributed by atoms with Gasteiger partial charge in [-0.1, -0.05) is 48.5 Å². The molecule has 0 heterocycles. The fourth-order valence-corrected chi connectivity index (χ4v) is 3.28. The molecule has 0 radical (unpaired) electrons. The van der Waals surface area contributed by atoms with Crippen LogP contribution in [0, 0.1) is 5.82 Å². The molecule has 0 aromatic heterocycles. The van der Waals surface area contributed by atoms with E-state index < -0.39 is 5.97 Å². The van der Waals surface area contributed by atoms with Gasteiger partial charge in [0.1, 0.15) is 17.3 Å². The standard InChI is InChI=1S/C27H20FNO4/c28-22-11-13-23(14-12-22)33-25-15-10-21(19-4-2-1-3-5-19)16-24(25)26(30)29-17-18-6-8-20(9-7-18)27(31)32/h1-16H,17H2,(H,29,30)(H,31,32). The van der Waals surface area contributed by atoms with Gasteiger partial charge in [-0.15, -0.1) is 0 Å². The van der Waals surface area contributed by atoms with E-state index in [9.17, 15) is 14.0 Å². The maximum atomic E-state index is 13.3. The summed E-state index contributed by atoms with van der Waals surface area (Å²) in [7, 11) is 0. The van der Waals surface area contributed by atoms with E-state index in [0.29, 0.717) is 17.1 Å². The number of aromatic carboxylic acids is 1. The molecule has 0 fully saturated rings. The van der Waals surface area contributed by atoms with Gasteiger partial charge in [0.2, 0.25) is 0 Å². The summed E-state index contributed by atoms with van der Waals surface area (Å²) in [5.74, 6) is -1.01. The first kappa shape index (κ1) is 21.8. The van der Waals surface area contributed by atoms with E-state index in [2.05, 4.69) is 5.32 Å². The van der Waals surface area contributed by atoms with Gasteiger partial charge in [-0.05, 0) is 65.2 Å². The van der Waals surface area contributed by atoms with Gasteiger partial charge >= 0.3 is 5.97 Å². The molecule has 4 rings (SSSR count). The second-order valence-electron chi connectivity index (χ2n) is 7.32. The number of nitrogens with one attached hydrogen (secondary N) is 1. The molecule has 33 heavy (non-hydrogen) atoms. The van der Waals surface area contributed by atoms with E-state index in [0.717, 1.165) is 16.7 Å². The molecule has 5 nitrogen and oxygen atoms in total. The molecule has 0 saturated heterocycles. The minimum Gasteiger partial charge on any atom is -0.478 e. The average molecular weight is 441 g/mol. The number of benzene rings is 4. The van der Waals surface area contributed by atoms with Crippen molar-refractivity contribution < 1.29 is 23.8 Å². The van der Waals surface area contributed by atoms with Gasteiger partial charge in [0.25, 0.3) is 5.91 Å². The minimum absolute atomic E-state index is 0.177. The van der Waals surface area contributed by atoms with Gasteiger partial charge in [0.15, 0.2) is 0 Å². The van der Waals surface area contributed by atoms with E-state index >= 15 is 0 Å². The van der Waals surface area contributed by atoms with Gasteiger partial charge in [0.05, 0.1) is 11.1 Å². The molecule has 6 heteroatoms. The Labute approximate surface area is 190 Å². The molecule has 2 N–H and O–H groups in total. The van der Waals surface area contributed by atoms with Crippen molar-refractivity contribution in [2.75, 3.05) is 0 Å². The number of carbonyl (C=O) groups excluding carboxylic acids is 1. The van der Waals surface area contributed by atoms with Crippen molar-refractivity contribution in [1.29, 1.82) is 0 Å². The summed E-state index contributed by atoms with van der Waals surface area (Å²) in [4.78, 5) is 24.1. The van der Waals surface area contributed by atoms with Crippen LogP contribution < -0.4 is 10.1 Å². The maximum Gasteiger partial charge on any atom is 0.335 e. The molecule has 0 bridgehead atoms. The zero-order chi connectivity index (χ0) is 23.2. The van der Waals surface area contributed by atoms with Crippen LogP contribution in [0.15, 0.2) is 97.1 Å². The molecular formula is C27H20FNO4. The Morgan fingerprint density at radius 3 is 2.18 bits per heavy atom. The predicted octanol–water partition coefficient (Wildman–Crippen LogP) is 5.91. The Morgan fingerprint density at radius 1 is 0.818 bits per heavy atom. The van der Waals surface area contributed by atoms with Crippen LogP contribution >= 0.6 is 0 Å². The third-order valence-electron chi connectivity index (χ3n) is 5.03. The Morgan fingerprint density at radius 2 is 1.52 bits per heavy atom. The molecular weight excluding hydrogens is 421 g/mol. The normalized spacial score (nSPS) is 10.5. The highest BCUT2D eigenvalue weighted by Crippen LogP contribution is 2.30. The molecule has 0 aliphatic rings. The highest BCUT2D eigenvalue weighted by atomic mass is 19.1. The molecule has 4 aromatic carbocycles. The molecule has 0 saturated carbocycles. The summed E-state index contributed by atoms with van der Waals surface area (Å²) in [6.07, 6.45) is 0. The van der Waals surface area contributed by atoms with Gasteiger partial charge in [-0.3, -0.25) is 4.79 Å². The maximum absolute atomic E-state index is 13.3. The van der Waals surface area contributed by atoms with Crippen molar-refractivity contribution in [3.8, 4) is 22.6 Å². The molecule has 1 amide bonds. The SMILES string of the molecule is O=C(O)c1ccc(CNC(=O)c2cc(-c3ccccc3)ccc2Oc2ccc(F)cc2)cc1. The number of halogens is 1. The lowest BCUT2D eigenvalue weighted by Gasteiger charge is -2.14. The first-order valence-electron chi connectivity index (χ1n) is 10.2. The van der Waals surface area contributed by atoms with Gasteiger partial charge in [-0.2, -0.15) is 0 Å². The summed E-state index contributed by atoms with van der Waals surface area (Å²) in [5.41, 5.74) is 3.05. The Bertz CT molecular complexity index is 1270. The van der Waals surface area contributed by atoms with Crippen molar-refractivity contribution >= 4 is 11.9 Å². The predicted molar refractivity (Wildman–Crippen MR) is 123 cm³/mol. The Balaban J connectivity index is 1.60. The smallest absolute Gasteiger partial charge is 0.335 e. The summed E-state index contributed by atoms with van der Waals surface area (Å²) < 4.78 is 19.1. The largest absolute Gasteiger partial charge is 0.478 e. The van der Waals surface area contributed by atoms with Crippen LogP contribution in [0.25, 0.3) is 11.1 Å². The number of carboxylic acid groups (broad SMARTS) is 1. The Kier molecular flexibility index (Phi) is 6.45. The third-order valence-corrected chi connectivity index (χ3v) is 5.03. The lowest BCUT2D eigenvalue weighted by atomic mass is 10.0. The van der Waals surface area contributed by atoms with E-state index in [1.54, 1.807) is 24.3 Å². The van der Waals surface area contributed by atoms with E-state index in [1.807, 2.05) is 36.4 Å². The Hall–Kier alpha value is -4.45. The number of carbonyl (C=O) groups is 2. The fourth-order valence-electron chi connectivity index (χ4n) is 3.28. The van der Waals surface area contributed by atoms with Crippen molar-refractivity contribution in [3.05, 3.63) is 120 Å². The van der Waals surface area contributed by atoms with Crippen molar-refractivity contribution in [3.63, 3.8) is 0 Å². The molecule has 0 spiro atoms. The molecule has 0 aliphatic carbocycles. The summed E-state index contributed by atoms with van der Waals surface area (Å²) in [6.45, 7) is 0.213. The lowest BCUT2D eigenvalue weighted by molar-refractivity contribution is 0.0696. The third kappa shape index (κ3) is 5.43. The summed E-state index contributed by atoms with van der Waals surface area (Å²) in [6, 6.07) is 26.8. The molecule has 0 aliphatic heterocycles. The van der Waals surface area contributed by atoms with Gasteiger partial charge in [-0.25, -0.2) is 9.18 Å². The van der Waals surface area contributed by atoms with Crippen LogP contribution in [0.5, 0.6) is 11.5 Å². The number of carboxylic acids is 1. The number of amides is 1. The zero-order valence-corrected chi connectivity index (χ0v) is 17.5. The number of ether oxygens (including phenoxy) is 1. The van der Waals surface area contributed by atoms with Crippen LogP contribution in [0.4, 0.5) is 4.39 Å². The molecule has 164 valence electrons. The highest BCUT2D eigenvalue weighted by Gasteiger charge is 2.15. The van der Waals surface area contributed by atoms with E-state index in [-0.39, 0.29) is 23.8 Å². The topological polar surface area (TPSA) is 75.6 Å². The number of rotatable bonds is 7. The van der Waals surface area contributed by atoms with Crippen LogP contribution in [0.1, 0.15) is 26.3 Å². The first-order chi connectivity index (χ1) is 16.0. The minimum atomic E-state index is -1.01. The molecule has 4 aromatic rings. The quantitative estimate of drug-likeness (QED) is 0.374. The van der Waals surface area contributed by atoms with Crippen molar-refractivity contribution in [1.82, 2.24) is 5.32 Å². The first-order valence-corrected chi connectivity index (χ1v) is 10.2. The van der Waals surface area contributed by atoms with Gasteiger partial charge in [0, 0.05) is 6.54 Å². The van der Waals surface area contributed by atoms with E-state index in [4.69, 9.17) is 9.84 Å². The number of hydrogen-bond donors (Lipinski definition) is 2. The van der Waals surface area contributed by atoms with Gasteiger partial charge < -0.3 is 15.2 Å². The van der Waals surface area contributed by atoms with Crippen LogP contribution in [-0.2, 0) is 6.54 Å². The zero-order valence-electron chi connectivity index (χ0n) is 17.5.